The molecule has 2 aromatic rings. The smallest absolute Gasteiger partial charge is 0.248 e. The third kappa shape index (κ3) is 4.90. The molecule has 1 N–H and O–H groups in total. The van der Waals surface area contributed by atoms with Crippen molar-refractivity contribution < 1.29 is 14.4 Å². The first-order chi connectivity index (χ1) is 12.2. The van der Waals surface area contributed by atoms with Crippen molar-refractivity contribution in [3.8, 4) is 0 Å². The van der Waals surface area contributed by atoms with Crippen molar-refractivity contribution >= 4 is 11.8 Å². The quantitative estimate of drug-likeness (QED) is 0.788. The van der Waals surface area contributed by atoms with Crippen molar-refractivity contribution in [3.63, 3.8) is 0 Å². The van der Waals surface area contributed by atoms with Gasteiger partial charge in [0.2, 0.25) is 11.8 Å². The summed E-state index contributed by atoms with van der Waals surface area (Å²) in [5.74, 6) is -0.551. The zero-order valence-corrected chi connectivity index (χ0v) is 14.1. The number of nitrogens with zero attached hydrogens (tertiary/aromatic N) is 1. The summed E-state index contributed by atoms with van der Waals surface area (Å²) in [6, 6.07) is 19.7. The van der Waals surface area contributed by atoms with Crippen molar-refractivity contribution in [2.24, 2.45) is 5.92 Å². The monoisotopic (exact) mass is 338 g/mol. The van der Waals surface area contributed by atoms with Crippen LogP contribution in [0.4, 0.5) is 0 Å². The number of amides is 2. The maximum atomic E-state index is 12.2. The predicted molar refractivity (Wildman–Crippen MR) is 94.2 cm³/mol. The Labute approximate surface area is 147 Å². The van der Waals surface area contributed by atoms with Crippen LogP contribution in [0.2, 0.25) is 0 Å². The molecule has 0 bridgehead atoms. The molecule has 0 spiro atoms. The fourth-order valence-electron chi connectivity index (χ4n) is 2.92. The van der Waals surface area contributed by atoms with E-state index >= 15 is 0 Å². The SMILES string of the molecule is O=C(NOCc1ccccc1)C1CC(=O)N(CCc2ccccc2)C1. The van der Waals surface area contributed by atoms with Crippen LogP contribution < -0.4 is 5.48 Å². The molecule has 0 saturated carbocycles. The second-order valence-electron chi connectivity index (χ2n) is 6.22. The lowest BCUT2D eigenvalue weighted by molar-refractivity contribution is -0.138. The third-order valence-corrected chi connectivity index (χ3v) is 4.35. The number of hydrogen-bond acceptors (Lipinski definition) is 3. The van der Waals surface area contributed by atoms with Gasteiger partial charge in [0.05, 0.1) is 12.5 Å². The molecule has 2 amide bonds. The lowest BCUT2D eigenvalue weighted by atomic mass is 10.1. The largest absolute Gasteiger partial charge is 0.342 e. The van der Waals surface area contributed by atoms with Gasteiger partial charge in [-0.3, -0.25) is 14.4 Å². The molecule has 25 heavy (non-hydrogen) atoms. The maximum absolute atomic E-state index is 12.2. The van der Waals surface area contributed by atoms with Crippen LogP contribution in [-0.2, 0) is 27.5 Å². The van der Waals surface area contributed by atoms with Gasteiger partial charge in [0.25, 0.3) is 0 Å². The molecule has 2 aromatic carbocycles. The number of benzene rings is 2. The van der Waals surface area contributed by atoms with Crippen LogP contribution in [0.25, 0.3) is 0 Å². The van der Waals surface area contributed by atoms with Crippen molar-refractivity contribution in [3.05, 3.63) is 71.8 Å². The van der Waals surface area contributed by atoms with Gasteiger partial charge in [-0.15, -0.1) is 0 Å². The number of hydrogen-bond donors (Lipinski definition) is 1. The van der Waals surface area contributed by atoms with Crippen LogP contribution in [0, 0.1) is 5.92 Å². The first kappa shape index (κ1) is 17.2. The van der Waals surface area contributed by atoms with Crippen LogP contribution in [0.1, 0.15) is 17.5 Å². The number of rotatable bonds is 7. The molecule has 3 rings (SSSR count). The highest BCUT2D eigenvalue weighted by atomic mass is 16.6. The zero-order chi connectivity index (χ0) is 17.5. The molecule has 1 aliphatic rings. The first-order valence-electron chi connectivity index (χ1n) is 8.49. The molecule has 0 radical (unpaired) electrons. The summed E-state index contributed by atoms with van der Waals surface area (Å²) in [7, 11) is 0. The lowest BCUT2D eigenvalue weighted by Gasteiger charge is -2.16. The van der Waals surface area contributed by atoms with Crippen molar-refractivity contribution in [2.45, 2.75) is 19.4 Å². The van der Waals surface area contributed by atoms with Gasteiger partial charge in [0, 0.05) is 19.5 Å². The second-order valence-corrected chi connectivity index (χ2v) is 6.22. The molecular formula is C20H22N2O3. The molecule has 1 unspecified atom stereocenters. The van der Waals surface area contributed by atoms with Crippen LogP contribution >= 0.6 is 0 Å². The van der Waals surface area contributed by atoms with E-state index in [0.717, 1.165) is 12.0 Å². The number of carbonyl (C=O) groups is 2. The van der Waals surface area contributed by atoms with Gasteiger partial charge in [0.15, 0.2) is 0 Å². The molecule has 1 fully saturated rings. The van der Waals surface area contributed by atoms with Crippen LogP contribution in [0.3, 0.4) is 0 Å². The Morgan fingerprint density at radius 2 is 1.68 bits per heavy atom. The minimum Gasteiger partial charge on any atom is -0.342 e. The highest BCUT2D eigenvalue weighted by Crippen LogP contribution is 2.18. The molecule has 5 nitrogen and oxygen atoms in total. The van der Waals surface area contributed by atoms with Crippen LogP contribution in [0.15, 0.2) is 60.7 Å². The number of hydroxylamine groups is 1. The normalized spacial score (nSPS) is 16.9. The van der Waals surface area contributed by atoms with E-state index in [0.29, 0.717) is 19.7 Å². The summed E-state index contributed by atoms with van der Waals surface area (Å²) < 4.78 is 0. The molecule has 0 aliphatic carbocycles. The first-order valence-corrected chi connectivity index (χ1v) is 8.49. The average Bonchev–Trinajstić information content (AvgIpc) is 3.02. The Bertz CT molecular complexity index is 703. The molecule has 130 valence electrons. The van der Waals surface area contributed by atoms with Gasteiger partial charge >= 0.3 is 0 Å². The summed E-state index contributed by atoms with van der Waals surface area (Å²) in [6.07, 6.45) is 1.04. The van der Waals surface area contributed by atoms with Gasteiger partial charge < -0.3 is 4.90 Å². The minimum atomic E-state index is -0.348. The van der Waals surface area contributed by atoms with Crippen molar-refractivity contribution in [2.75, 3.05) is 13.1 Å². The van der Waals surface area contributed by atoms with Gasteiger partial charge in [-0.05, 0) is 17.5 Å². The summed E-state index contributed by atoms with van der Waals surface area (Å²) >= 11 is 0. The van der Waals surface area contributed by atoms with E-state index in [-0.39, 0.29) is 24.2 Å². The summed E-state index contributed by atoms with van der Waals surface area (Å²) in [5, 5.41) is 0. The lowest BCUT2D eigenvalue weighted by Crippen LogP contribution is -2.33. The highest BCUT2D eigenvalue weighted by Gasteiger charge is 2.34. The van der Waals surface area contributed by atoms with E-state index in [9.17, 15) is 9.59 Å². The Balaban J connectivity index is 1.42. The number of carbonyl (C=O) groups excluding carboxylic acids is 2. The minimum absolute atomic E-state index is 0.0270. The summed E-state index contributed by atoms with van der Waals surface area (Å²) in [4.78, 5) is 31.3. The highest BCUT2D eigenvalue weighted by molar-refractivity contribution is 5.88. The van der Waals surface area contributed by atoms with Crippen molar-refractivity contribution in [1.82, 2.24) is 10.4 Å². The van der Waals surface area contributed by atoms with Gasteiger partial charge in [-0.25, -0.2) is 5.48 Å². The van der Waals surface area contributed by atoms with Crippen LogP contribution in [0.5, 0.6) is 0 Å². The standard InChI is InChI=1S/C20H22N2O3/c23-19-13-18(14-22(19)12-11-16-7-3-1-4-8-16)20(24)21-25-15-17-9-5-2-6-10-17/h1-10,18H,11-15H2,(H,21,24). The van der Waals surface area contributed by atoms with E-state index in [2.05, 4.69) is 5.48 Å². The molecule has 5 heteroatoms. The molecule has 1 heterocycles. The predicted octanol–water partition coefficient (Wildman–Crippen LogP) is 2.33. The summed E-state index contributed by atoms with van der Waals surface area (Å²) in [6.45, 7) is 1.40. The molecule has 1 atom stereocenters. The molecule has 1 saturated heterocycles. The fraction of sp³-hybridized carbons (Fsp3) is 0.300. The Morgan fingerprint density at radius 1 is 1.04 bits per heavy atom. The van der Waals surface area contributed by atoms with Gasteiger partial charge in [0.1, 0.15) is 0 Å². The van der Waals surface area contributed by atoms with Gasteiger partial charge in [-0.1, -0.05) is 60.7 Å². The number of nitrogens with one attached hydrogen (secondary N) is 1. The Kier molecular flexibility index (Phi) is 5.80. The molecule has 0 aromatic heterocycles. The zero-order valence-electron chi connectivity index (χ0n) is 14.1. The Morgan fingerprint density at radius 3 is 2.36 bits per heavy atom. The second kappa shape index (κ2) is 8.44. The van der Waals surface area contributed by atoms with Gasteiger partial charge in [-0.2, -0.15) is 0 Å². The molecular weight excluding hydrogens is 316 g/mol. The topological polar surface area (TPSA) is 58.6 Å². The van der Waals surface area contributed by atoms with E-state index in [1.807, 2.05) is 60.7 Å². The van der Waals surface area contributed by atoms with E-state index < -0.39 is 0 Å². The fourth-order valence-corrected chi connectivity index (χ4v) is 2.92. The maximum Gasteiger partial charge on any atom is 0.248 e. The van der Waals surface area contributed by atoms with Crippen molar-refractivity contribution in [1.29, 1.82) is 0 Å². The van der Waals surface area contributed by atoms with E-state index in [4.69, 9.17) is 4.84 Å². The summed E-state index contributed by atoms with van der Waals surface area (Å²) in [5.41, 5.74) is 4.64. The van der Waals surface area contributed by atoms with E-state index in [1.54, 1.807) is 4.90 Å². The molecule has 1 aliphatic heterocycles. The average molecular weight is 338 g/mol. The van der Waals surface area contributed by atoms with E-state index in [1.165, 1.54) is 5.56 Å². The van der Waals surface area contributed by atoms with Crippen LogP contribution in [-0.4, -0.2) is 29.8 Å². The number of likely N-dealkylation sites (tertiary alicyclic amines) is 1. The third-order valence-electron chi connectivity index (χ3n) is 4.35. The Hall–Kier alpha value is -2.66.